The number of hydrogen-bond donors (Lipinski definition) is 1. The van der Waals surface area contributed by atoms with Gasteiger partial charge in [-0.2, -0.15) is 26.3 Å². The minimum absolute atomic E-state index is 0.00111. The quantitative estimate of drug-likeness (QED) is 0.164. The summed E-state index contributed by atoms with van der Waals surface area (Å²) in [6, 6.07) is 7.73. The van der Waals surface area contributed by atoms with E-state index in [1.54, 1.807) is 17.9 Å². The molecule has 0 radical (unpaired) electrons. The number of aromatic nitrogens is 1. The number of ether oxygens (including phenoxy) is 3. The summed E-state index contributed by atoms with van der Waals surface area (Å²) >= 11 is 0.397. The van der Waals surface area contributed by atoms with Crippen LogP contribution in [-0.2, 0) is 21.9 Å². The van der Waals surface area contributed by atoms with E-state index in [9.17, 15) is 35.9 Å². The van der Waals surface area contributed by atoms with Crippen molar-refractivity contribution in [3.05, 3.63) is 70.2 Å². The van der Waals surface area contributed by atoms with Crippen molar-refractivity contribution in [2.24, 2.45) is 0 Å². The third-order valence-electron chi connectivity index (χ3n) is 9.05. The molecule has 0 bridgehead atoms. The molecule has 4 heterocycles. The summed E-state index contributed by atoms with van der Waals surface area (Å²) in [5.41, 5.74) is -3.00. The fourth-order valence-electron chi connectivity index (χ4n) is 6.74. The van der Waals surface area contributed by atoms with Gasteiger partial charge in [-0.15, -0.1) is 11.3 Å². The Morgan fingerprint density at radius 2 is 1.75 bits per heavy atom. The Hall–Kier alpha value is -4.09. The molecular weight excluding hydrogens is 718 g/mol. The van der Waals surface area contributed by atoms with Crippen molar-refractivity contribution in [3.63, 3.8) is 0 Å². The van der Waals surface area contributed by atoms with Crippen LogP contribution >= 0.6 is 11.3 Å². The zero-order valence-corrected chi connectivity index (χ0v) is 29.2. The van der Waals surface area contributed by atoms with E-state index in [1.165, 1.54) is 4.90 Å². The molecule has 2 atom stereocenters. The van der Waals surface area contributed by atoms with Crippen LogP contribution in [0.5, 0.6) is 11.5 Å². The molecule has 2 aliphatic rings. The summed E-state index contributed by atoms with van der Waals surface area (Å²) in [5, 5.41) is 10.1. The molecule has 2 fully saturated rings. The second-order valence-corrected chi connectivity index (χ2v) is 13.3. The number of piperazine rings is 1. The average Bonchev–Trinajstić information content (AvgIpc) is 3.61. The number of anilines is 1. The number of para-hydroxylation sites is 2. The van der Waals surface area contributed by atoms with Crippen LogP contribution in [-0.4, -0.2) is 102 Å². The number of carbonyl (C=O) groups is 2. The molecule has 2 aliphatic heterocycles. The van der Waals surface area contributed by atoms with Gasteiger partial charge in [-0.1, -0.05) is 25.5 Å². The van der Waals surface area contributed by atoms with Gasteiger partial charge in [0.25, 0.3) is 11.8 Å². The molecule has 1 aromatic carbocycles. The van der Waals surface area contributed by atoms with Gasteiger partial charge in [0.05, 0.1) is 42.7 Å². The van der Waals surface area contributed by atoms with Crippen molar-refractivity contribution in [1.29, 1.82) is 0 Å². The molecule has 0 unspecified atom stereocenters. The lowest BCUT2D eigenvalue weighted by atomic mass is 9.79. The molecule has 0 aliphatic carbocycles. The normalized spacial score (nSPS) is 19.8. The van der Waals surface area contributed by atoms with E-state index in [0.717, 1.165) is 29.5 Å². The van der Waals surface area contributed by atoms with Crippen molar-refractivity contribution in [2.75, 3.05) is 64.1 Å². The number of piperidine rings is 1. The van der Waals surface area contributed by atoms with Crippen LogP contribution in [0.1, 0.15) is 53.4 Å². The van der Waals surface area contributed by atoms with Gasteiger partial charge in [-0.3, -0.25) is 14.6 Å². The van der Waals surface area contributed by atoms with Gasteiger partial charge in [0, 0.05) is 63.0 Å². The van der Waals surface area contributed by atoms with E-state index >= 15 is 0 Å². The van der Waals surface area contributed by atoms with Crippen LogP contribution in [0.2, 0.25) is 0 Å². The zero-order valence-electron chi connectivity index (χ0n) is 28.4. The Morgan fingerprint density at radius 1 is 1.00 bits per heavy atom. The Kier molecular flexibility index (Phi) is 12.6. The van der Waals surface area contributed by atoms with Crippen LogP contribution < -0.4 is 14.4 Å². The third kappa shape index (κ3) is 8.74. The Bertz CT molecular complexity index is 1660. The SMILES string of the molecule is CCC[C@H]1N(C(=O)c2cnccc2C(F)(F)F)CCC[C@@]1(Oc1csc(C(F)(F)F)c1)C(=O)N1CCN(c2ccccc2OCCOCCO)CC1. The van der Waals surface area contributed by atoms with Gasteiger partial charge in [-0.25, -0.2) is 0 Å². The van der Waals surface area contributed by atoms with Gasteiger partial charge in [0.1, 0.15) is 23.0 Å². The number of amides is 2. The highest BCUT2D eigenvalue weighted by Gasteiger charge is 2.56. The fraction of sp³-hybridized carbons (Fsp3) is 0.514. The first-order chi connectivity index (χ1) is 24.8. The number of nitrogens with zero attached hydrogens (tertiary/aromatic N) is 4. The van der Waals surface area contributed by atoms with Crippen molar-refractivity contribution in [2.45, 2.75) is 56.6 Å². The Morgan fingerprint density at radius 3 is 2.42 bits per heavy atom. The lowest BCUT2D eigenvalue weighted by Crippen LogP contribution is -2.69. The summed E-state index contributed by atoms with van der Waals surface area (Å²) in [4.78, 5) is 36.4. The Labute approximate surface area is 300 Å². The molecule has 2 aromatic heterocycles. The molecule has 2 amide bonds. The number of likely N-dealkylation sites (tertiary alicyclic amines) is 1. The van der Waals surface area contributed by atoms with Crippen molar-refractivity contribution in [1.82, 2.24) is 14.8 Å². The first kappa shape index (κ1) is 39.1. The van der Waals surface area contributed by atoms with Gasteiger partial charge in [0.2, 0.25) is 5.60 Å². The number of hydrogen-bond acceptors (Lipinski definition) is 9. The van der Waals surface area contributed by atoms with Gasteiger partial charge in [-0.05, 0) is 31.0 Å². The molecule has 0 spiro atoms. The molecule has 3 aromatic rings. The maximum atomic E-state index is 14.8. The second kappa shape index (κ2) is 16.7. The van der Waals surface area contributed by atoms with Crippen LogP contribution in [0.4, 0.5) is 32.0 Å². The lowest BCUT2D eigenvalue weighted by molar-refractivity contribution is -0.159. The number of rotatable bonds is 13. The van der Waals surface area contributed by atoms with Crippen LogP contribution in [0.15, 0.2) is 54.2 Å². The number of aliphatic hydroxyl groups excluding tert-OH is 1. The van der Waals surface area contributed by atoms with Crippen molar-refractivity contribution in [3.8, 4) is 11.5 Å². The van der Waals surface area contributed by atoms with Gasteiger partial charge in [0.15, 0.2) is 0 Å². The number of aliphatic hydroxyl groups is 1. The minimum Gasteiger partial charge on any atom is -0.489 e. The molecule has 5 rings (SSSR count). The summed E-state index contributed by atoms with van der Waals surface area (Å²) in [5.74, 6) is -1.18. The highest BCUT2D eigenvalue weighted by molar-refractivity contribution is 7.10. The fourth-order valence-corrected chi connectivity index (χ4v) is 7.41. The highest BCUT2D eigenvalue weighted by atomic mass is 32.1. The molecule has 17 heteroatoms. The van der Waals surface area contributed by atoms with Crippen molar-refractivity contribution < 1.29 is 55.2 Å². The van der Waals surface area contributed by atoms with E-state index in [0.29, 0.717) is 42.7 Å². The predicted octanol–water partition coefficient (Wildman–Crippen LogP) is 6.14. The van der Waals surface area contributed by atoms with E-state index in [-0.39, 0.29) is 71.1 Å². The number of carbonyl (C=O) groups excluding carboxylic acids is 2. The molecule has 10 nitrogen and oxygen atoms in total. The second-order valence-electron chi connectivity index (χ2n) is 12.4. The average molecular weight is 759 g/mol. The van der Waals surface area contributed by atoms with Crippen molar-refractivity contribution >= 4 is 28.8 Å². The minimum atomic E-state index is -4.87. The first-order valence-corrected chi connectivity index (χ1v) is 17.8. The van der Waals surface area contributed by atoms with E-state index < -0.39 is 51.8 Å². The van der Waals surface area contributed by atoms with E-state index in [4.69, 9.17) is 19.3 Å². The first-order valence-electron chi connectivity index (χ1n) is 16.9. The number of halogens is 6. The third-order valence-corrected chi connectivity index (χ3v) is 10.0. The monoisotopic (exact) mass is 758 g/mol. The largest absolute Gasteiger partial charge is 0.489 e. The zero-order chi connectivity index (χ0) is 37.5. The number of pyridine rings is 1. The van der Waals surface area contributed by atoms with Gasteiger partial charge < -0.3 is 34.0 Å². The molecule has 284 valence electrons. The summed E-state index contributed by atoms with van der Waals surface area (Å²) in [6.07, 6.45) is -7.09. The predicted molar refractivity (Wildman–Crippen MR) is 180 cm³/mol. The van der Waals surface area contributed by atoms with Crippen LogP contribution in [0.3, 0.4) is 0 Å². The molecule has 52 heavy (non-hydrogen) atoms. The lowest BCUT2D eigenvalue weighted by Gasteiger charge is -2.50. The van der Waals surface area contributed by atoms with E-state index in [1.807, 2.05) is 23.1 Å². The summed E-state index contributed by atoms with van der Waals surface area (Å²) < 4.78 is 100. The summed E-state index contributed by atoms with van der Waals surface area (Å²) in [7, 11) is 0. The number of benzene rings is 1. The summed E-state index contributed by atoms with van der Waals surface area (Å²) in [6.45, 7) is 3.44. The van der Waals surface area contributed by atoms with Gasteiger partial charge >= 0.3 is 12.4 Å². The molecule has 1 N–H and O–H groups in total. The van der Waals surface area contributed by atoms with Crippen LogP contribution in [0, 0.1) is 0 Å². The maximum absolute atomic E-state index is 14.8. The standard InChI is InChI=1S/C35H40F6N4O6S/c1-2-6-29-33(51-24-21-30(52-23-24)35(39,40)41,10-5-12-45(29)31(47)25-22-42-11-9-26(25)34(36,37)38)32(48)44-15-13-43(14-16-44)27-7-3-4-8-28(27)50-20-19-49-18-17-46/h3-4,7-9,11,21-23,29,46H,2,5-6,10,12-20H2,1H3/t29-,33+/m1/s1. The van der Waals surface area contributed by atoms with E-state index in [2.05, 4.69) is 4.98 Å². The molecular formula is C35H40F6N4O6S. The maximum Gasteiger partial charge on any atom is 0.425 e. The topological polar surface area (TPSA) is 105 Å². The Balaban J connectivity index is 1.45. The molecule has 0 saturated carbocycles. The highest BCUT2D eigenvalue weighted by Crippen LogP contribution is 2.43. The van der Waals surface area contributed by atoms with Crippen LogP contribution in [0.25, 0.3) is 0 Å². The smallest absolute Gasteiger partial charge is 0.425 e. The number of alkyl halides is 6. The number of thiophene rings is 1. The molecule has 2 saturated heterocycles.